The molecule has 0 radical (unpaired) electrons. The molecular weight excluding hydrogens is 548 g/mol. The minimum Gasteiger partial charge on any atom is -0.444 e. The van der Waals surface area contributed by atoms with Crippen LogP contribution in [0, 0.1) is 0 Å². The second kappa shape index (κ2) is 16.1. The molecule has 43 heavy (non-hydrogen) atoms. The number of carbonyl (C=O) groups excluding carboxylic acids is 2. The number of carbonyl (C=O) groups is 2. The van der Waals surface area contributed by atoms with Crippen LogP contribution < -0.4 is 21.7 Å². The zero-order valence-corrected chi connectivity index (χ0v) is 26.4. The lowest BCUT2D eigenvalue weighted by molar-refractivity contribution is 0.0519. The van der Waals surface area contributed by atoms with Crippen LogP contribution >= 0.6 is 0 Å². The van der Waals surface area contributed by atoms with E-state index in [1.54, 1.807) is 50.1 Å². The second-order valence-electron chi connectivity index (χ2n) is 12.0. The molecule has 0 spiro atoms. The van der Waals surface area contributed by atoms with Gasteiger partial charge in [-0.3, -0.25) is 9.79 Å². The fourth-order valence-corrected chi connectivity index (χ4v) is 4.55. The van der Waals surface area contributed by atoms with Crippen molar-refractivity contribution in [2.45, 2.75) is 97.4 Å². The Morgan fingerprint density at radius 1 is 1.26 bits per heavy atom. The smallest absolute Gasteiger partial charge is 0.407 e. The van der Waals surface area contributed by atoms with Crippen LogP contribution in [-0.2, 0) is 16.0 Å². The minimum atomic E-state index is -0.592. The normalized spacial score (nSPS) is 15.5. The van der Waals surface area contributed by atoms with Gasteiger partial charge in [-0.1, -0.05) is 39.3 Å². The molecule has 0 bridgehead atoms. The number of nitrogens with two attached hydrogens (primary N) is 1. The number of alkyl carbamates (subject to hydrolysis) is 1. The molecule has 2 amide bonds. The number of benzene rings is 1. The van der Waals surface area contributed by atoms with Crippen LogP contribution in [0.3, 0.4) is 0 Å². The highest BCUT2D eigenvalue weighted by atomic mass is 16.6. The number of amides is 2. The van der Waals surface area contributed by atoms with Crippen molar-refractivity contribution in [1.82, 2.24) is 20.4 Å². The Morgan fingerprint density at radius 3 is 2.67 bits per heavy atom. The van der Waals surface area contributed by atoms with Crippen LogP contribution in [0.5, 0.6) is 0 Å². The number of aromatic nitrogens is 2. The maximum atomic E-state index is 13.1. The molecule has 1 saturated heterocycles. The predicted octanol–water partition coefficient (Wildman–Crippen LogP) is 4.41. The predicted molar refractivity (Wildman–Crippen MR) is 170 cm³/mol. The van der Waals surface area contributed by atoms with E-state index in [0.29, 0.717) is 12.0 Å². The van der Waals surface area contributed by atoms with Crippen LogP contribution in [0.2, 0.25) is 0 Å². The van der Waals surface area contributed by atoms with Crippen LogP contribution in [0.1, 0.15) is 94.6 Å². The van der Waals surface area contributed by atoms with E-state index in [0.717, 1.165) is 49.4 Å². The largest absolute Gasteiger partial charge is 0.444 e. The van der Waals surface area contributed by atoms with Crippen molar-refractivity contribution in [2.24, 2.45) is 15.7 Å². The van der Waals surface area contributed by atoms with Gasteiger partial charge in [0, 0.05) is 36.9 Å². The topological polar surface area (TPSA) is 157 Å². The average Bonchev–Trinajstić information content (AvgIpc) is 3.39. The van der Waals surface area contributed by atoms with E-state index in [1.165, 1.54) is 0 Å². The lowest BCUT2D eigenvalue weighted by Crippen LogP contribution is -2.44. The Kier molecular flexibility index (Phi) is 12.5. The van der Waals surface area contributed by atoms with Gasteiger partial charge in [0.15, 0.2) is 0 Å². The quantitative estimate of drug-likeness (QED) is 0.209. The van der Waals surface area contributed by atoms with Gasteiger partial charge in [-0.15, -0.1) is 0 Å². The molecule has 1 aliphatic heterocycles. The van der Waals surface area contributed by atoms with Gasteiger partial charge in [-0.25, -0.2) is 9.79 Å². The SMILES string of the molecule is CCC[C@@H](CNC(=O)OC(C)(C)C)NC(=O)c1cccc(CN=C(N)n2ncc(C(C)C)c2NC=NC2CCOCC2)c1. The van der Waals surface area contributed by atoms with Gasteiger partial charge in [0.2, 0.25) is 5.96 Å². The Hall–Kier alpha value is -3.93. The highest BCUT2D eigenvalue weighted by Gasteiger charge is 2.19. The summed E-state index contributed by atoms with van der Waals surface area (Å²) in [5.74, 6) is 0.931. The summed E-state index contributed by atoms with van der Waals surface area (Å²) in [6, 6.07) is 7.24. The molecule has 3 rings (SSSR count). The molecule has 0 unspecified atom stereocenters. The molecule has 1 aromatic carbocycles. The zero-order chi connectivity index (χ0) is 31.4. The molecule has 5 N–H and O–H groups in total. The standard InChI is InChI=1S/C31H48N8O4/c1-7-9-25(18-34-30(41)43-31(4,5)6)38-28(40)23-11-8-10-22(16-23)17-33-29(32)39-27(26(19-37-39)21(2)3)36-20-35-24-12-14-42-15-13-24/h8,10-11,16,19-21,24-25H,7,9,12-15,17-18H2,1-6H3,(H2,32,33)(H,34,41)(H,35,36)(H,38,40)/t25-/m0/s1. The summed E-state index contributed by atoms with van der Waals surface area (Å²) in [7, 11) is 0. The lowest BCUT2D eigenvalue weighted by atomic mass is 10.1. The van der Waals surface area contributed by atoms with E-state index in [-0.39, 0.29) is 43.0 Å². The van der Waals surface area contributed by atoms with Gasteiger partial charge in [0.25, 0.3) is 5.91 Å². The first-order valence-electron chi connectivity index (χ1n) is 15.1. The minimum absolute atomic E-state index is 0.214. The number of hydrogen-bond acceptors (Lipinski definition) is 7. The van der Waals surface area contributed by atoms with Crippen molar-refractivity contribution in [3.8, 4) is 0 Å². The molecule has 1 atom stereocenters. The number of aliphatic imine (C=N–C) groups is 2. The monoisotopic (exact) mass is 596 g/mol. The number of rotatable bonds is 12. The van der Waals surface area contributed by atoms with Gasteiger partial charge in [0.05, 0.1) is 25.1 Å². The summed E-state index contributed by atoms with van der Waals surface area (Å²) in [5.41, 5.74) is 8.11. The van der Waals surface area contributed by atoms with Crippen molar-refractivity contribution in [3.63, 3.8) is 0 Å². The van der Waals surface area contributed by atoms with Crippen molar-refractivity contribution in [2.75, 3.05) is 25.1 Å². The van der Waals surface area contributed by atoms with Crippen LogP contribution in [0.4, 0.5) is 10.6 Å². The maximum absolute atomic E-state index is 13.1. The fourth-order valence-electron chi connectivity index (χ4n) is 4.55. The maximum Gasteiger partial charge on any atom is 0.407 e. The van der Waals surface area contributed by atoms with E-state index in [4.69, 9.17) is 15.2 Å². The summed E-state index contributed by atoms with van der Waals surface area (Å²) in [4.78, 5) is 34.4. The summed E-state index contributed by atoms with van der Waals surface area (Å²) >= 11 is 0. The first kappa shape index (κ1) is 33.6. The van der Waals surface area contributed by atoms with Gasteiger partial charge < -0.3 is 31.2 Å². The molecule has 2 aromatic rings. The summed E-state index contributed by atoms with van der Waals surface area (Å²) in [6.07, 6.45) is 6.34. The highest BCUT2D eigenvalue weighted by Crippen LogP contribution is 2.23. The zero-order valence-electron chi connectivity index (χ0n) is 26.4. The van der Waals surface area contributed by atoms with Crippen molar-refractivity contribution in [1.29, 1.82) is 0 Å². The van der Waals surface area contributed by atoms with Crippen molar-refractivity contribution < 1.29 is 19.1 Å². The third-order valence-corrected chi connectivity index (χ3v) is 6.79. The van der Waals surface area contributed by atoms with Crippen LogP contribution in [0.25, 0.3) is 0 Å². The van der Waals surface area contributed by atoms with Crippen LogP contribution in [-0.4, -0.2) is 71.5 Å². The Balaban J connectivity index is 1.66. The number of hydrogen-bond donors (Lipinski definition) is 4. The van der Waals surface area contributed by atoms with Gasteiger partial charge in [-0.05, 0) is 63.6 Å². The molecule has 0 saturated carbocycles. The molecule has 1 aromatic heterocycles. The molecule has 12 nitrogen and oxygen atoms in total. The van der Waals surface area contributed by atoms with E-state index in [2.05, 4.69) is 44.9 Å². The van der Waals surface area contributed by atoms with Gasteiger partial charge in [0.1, 0.15) is 11.4 Å². The first-order chi connectivity index (χ1) is 20.5. The third kappa shape index (κ3) is 11.0. The molecule has 12 heteroatoms. The Morgan fingerprint density at radius 2 is 2.00 bits per heavy atom. The molecule has 236 valence electrons. The van der Waals surface area contributed by atoms with Crippen LogP contribution in [0.15, 0.2) is 40.4 Å². The fraction of sp³-hybridized carbons (Fsp3) is 0.581. The summed E-state index contributed by atoms with van der Waals surface area (Å²) in [5, 5.41) is 13.5. The Labute approximate surface area is 254 Å². The Bertz CT molecular complexity index is 1260. The summed E-state index contributed by atoms with van der Waals surface area (Å²) < 4.78 is 12.3. The average molecular weight is 597 g/mol. The number of anilines is 1. The first-order valence-corrected chi connectivity index (χ1v) is 15.1. The molecule has 1 fully saturated rings. The van der Waals surface area contributed by atoms with E-state index in [1.807, 2.05) is 19.1 Å². The number of ether oxygens (including phenoxy) is 2. The number of nitrogens with one attached hydrogen (secondary N) is 3. The highest BCUT2D eigenvalue weighted by molar-refractivity contribution is 5.94. The third-order valence-electron chi connectivity index (χ3n) is 6.79. The van der Waals surface area contributed by atoms with E-state index in [9.17, 15) is 9.59 Å². The second-order valence-corrected chi connectivity index (χ2v) is 12.0. The molecule has 0 aliphatic carbocycles. The van der Waals surface area contributed by atoms with E-state index < -0.39 is 11.7 Å². The van der Waals surface area contributed by atoms with Gasteiger partial charge in [-0.2, -0.15) is 9.78 Å². The lowest BCUT2D eigenvalue weighted by Gasteiger charge is -2.22. The van der Waals surface area contributed by atoms with Crippen molar-refractivity contribution >= 4 is 30.1 Å². The molecule has 1 aliphatic rings. The van der Waals surface area contributed by atoms with E-state index >= 15 is 0 Å². The van der Waals surface area contributed by atoms with Gasteiger partial charge >= 0.3 is 6.09 Å². The van der Waals surface area contributed by atoms with Crippen molar-refractivity contribution in [3.05, 3.63) is 47.2 Å². The number of nitrogens with zero attached hydrogens (tertiary/aromatic N) is 4. The summed E-state index contributed by atoms with van der Waals surface area (Å²) in [6.45, 7) is 13.6. The molecule has 2 heterocycles. The molecular formula is C31H48N8O4.